The average Bonchev–Trinajstić information content (AvgIpc) is 2.98. The standard InChI is InChI=1S/C18H25FN2O3/c19-15-3-1-2-13(8-15)9-18(23)20-17-11-21(10-14(17)12-22)16-4-6-24-7-5-16/h1-3,8,14,16-17,22H,4-7,9-12H2,(H,20,23)/t14-,17+/m0/s1. The van der Waals surface area contributed by atoms with Crippen molar-refractivity contribution in [3.8, 4) is 0 Å². The number of benzene rings is 1. The van der Waals surface area contributed by atoms with Crippen molar-refractivity contribution in [3.63, 3.8) is 0 Å². The van der Waals surface area contributed by atoms with E-state index in [9.17, 15) is 14.3 Å². The summed E-state index contributed by atoms with van der Waals surface area (Å²) in [4.78, 5) is 14.6. The van der Waals surface area contributed by atoms with Gasteiger partial charge in [-0.25, -0.2) is 4.39 Å². The molecule has 0 unspecified atom stereocenters. The number of halogens is 1. The van der Waals surface area contributed by atoms with Crippen LogP contribution in [0.5, 0.6) is 0 Å². The van der Waals surface area contributed by atoms with Gasteiger partial charge in [0.1, 0.15) is 5.82 Å². The molecule has 1 aromatic rings. The molecule has 6 heteroatoms. The molecule has 0 aliphatic carbocycles. The Kier molecular flexibility index (Phi) is 5.81. The predicted octanol–water partition coefficient (Wildman–Crippen LogP) is 0.956. The monoisotopic (exact) mass is 336 g/mol. The molecule has 0 aromatic heterocycles. The number of aliphatic hydroxyl groups is 1. The Bertz CT molecular complexity index is 563. The van der Waals surface area contributed by atoms with Crippen LogP contribution in [0.15, 0.2) is 24.3 Å². The van der Waals surface area contributed by atoms with Crippen LogP contribution >= 0.6 is 0 Å². The van der Waals surface area contributed by atoms with E-state index in [0.717, 1.165) is 39.1 Å². The molecule has 2 heterocycles. The van der Waals surface area contributed by atoms with Crippen LogP contribution < -0.4 is 5.32 Å². The highest BCUT2D eigenvalue weighted by Crippen LogP contribution is 2.24. The Hall–Kier alpha value is -1.50. The molecule has 24 heavy (non-hydrogen) atoms. The molecular weight excluding hydrogens is 311 g/mol. The minimum Gasteiger partial charge on any atom is -0.396 e. The lowest BCUT2D eigenvalue weighted by molar-refractivity contribution is -0.121. The molecule has 5 nitrogen and oxygen atoms in total. The zero-order valence-electron chi connectivity index (χ0n) is 13.8. The summed E-state index contributed by atoms with van der Waals surface area (Å²) in [7, 11) is 0. The molecule has 2 atom stereocenters. The largest absolute Gasteiger partial charge is 0.396 e. The van der Waals surface area contributed by atoms with Gasteiger partial charge in [-0.15, -0.1) is 0 Å². The Labute approximate surface area is 141 Å². The molecule has 1 aromatic carbocycles. The molecule has 3 rings (SSSR count). The van der Waals surface area contributed by atoms with E-state index < -0.39 is 0 Å². The number of nitrogens with one attached hydrogen (secondary N) is 1. The van der Waals surface area contributed by atoms with E-state index in [-0.39, 0.29) is 36.7 Å². The van der Waals surface area contributed by atoms with Gasteiger partial charge in [-0.05, 0) is 30.5 Å². The Morgan fingerprint density at radius 2 is 2.12 bits per heavy atom. The molecular formula is C18H25FN2O3. The number of amides is 1. The van der Waals surface area contributed by atoms with E-state index in [2.05, 4.69) is 10.2 Å². The number of carbonyl (C=O) groups is 1. The quantitative estimate of drug-likeness (QED) is 0.841. The van der Waals surface area contributed by atoms with Gasteiger partial charge in [0.25, 0.3) is 0 Å². The van der Waals surface area contributed by atoms with Gasteiger partial charge in [0.15, 0.2) is 0 Å². The van der Waals surface area contributed by atoms with Crippen LogP contribution in [0.2, 0.25) is 0 Å². The lowest BCUT2D eigenvalue weighted by Gasteiger charge is -2.31. The lowest BCUT2D eigenvalue weighted by Crippen LogP contribution is -2.43. The molecule has 2 aliphatic rings. The summed E-state index contributed by atoms with van der Waals surface area (Å²) < 4.78 is 18.6. The summed E-state index contributed by atoms with van der Waals surface area (Å²) in [5, 5.41) is 12.7. The highest BCUT2D eigenvalue weighted by Gasteiger charge is 2.36. The number of hydrogen-bond donors (Lipinski definition) is 2. The van der Waals surface area contributed by atoms with Crippen molar-refractivity contribution in [2.24, 2.45) is 5.92 Å². The number of likely N-dealkylation sites (tertiary alicyclic amines) is 1. The number of rotatable bonds is 5. The molecule has 132 valence electrons. The van der Waals surface area contributed by atoms with E-state index in [4.69, 9.17) is 4.74 Å². The lowest BCUT2D eigenvalue weighted by atomic mass is 10.0. The van der Waals surface area contributed by atoms with Gasteiger partial charge in [0.05, 0.1) is 6.42 Å². The van der Waals surface area contributed by atoms with Crippen LogP contribution in [0.25, 0.3) is 0 Å². The highest BCUT2D eigenvalue weighted by atomic mass is 19.1. The van der Waals surface area contributed by atoms with E-state index in [0.29, 0.717) is 11.6 Å². The first-order valence-corrected chi connectivity index (χ1v) is 8.62. The molecule has 2 aliphatic heterocycles. The van der Waals surface area contributed by atoms with Gasteiger partial charge in [0.2, 0.25) is 5.91 Å². The van der Waals surface area contributed by atoms with Crippen molar-refractivity contribution in [2.45, 2.75) is 31.3 Å². The summed E-state index contributed by atoms with van der Waals surface area (Å²) in [6, 6.07) is 6.52. The van der Waals surface area contributed by atoms with Gasteiger partial charge < -0.3 is 15.2 Å². The van der Waals surface area contributed by atoms with E-state index in [1.807, 2.05) is 0 Å². The summed E-state index contributed by atoms with van der Waals surface area (Å²) in [5.74, 6) is -0.415. The average molecular weight is 336 g/mol. The van der Waals surface area contributed by atoms with Crippen LogP contribution in [-0.4, -0.2) is 60.9 Å². The second-order valence-corrected chi connectivity index (χ2v) is 6.72. The second-order valence-electron chi connectivity index (χ2n) is 6.72. The van der Waals surface area contributed by atoms with Crippen LogP contribution in [0.3, 0.4) is 0 Å². The maximum absolute atomic E-state index is 13.2. The number of hydrogen-bond acceptors (Lipinski definition) is 4. The van der Waals surface area contributed by atoms with E-state index >= 15 is 0 Å². The molecule has 1 amide bonds. The number of nitrogens with zero attached hydrogens (tertiary/aromatic N) is 1. The van der Waals surface area contributed by atoms with Crippen molar-refractivity contribution in [1.29, 1.82) is 0 Å². The second kappa shape index (κ2) is 8.05. The predicted molar refractivity (Wildman–Crippen MR) is 88.0 cm³/mol. The van der Waals surface area contributed by atoms with Crippen molar-refractivity contribution in [2.75, 3.05) is 32.9 Å². The van der Waals surface area contributed by atoms with Gasteiger partial charge in [0, 0.05) is 50.9 Å². The van der Waals surface area contributed by atoms with Crippen LogP contribution in [0.4, 0.5) is 4.39 Å². The Balaban J connectivity index is 1.55. The van der Waals surface area contributed by atoms with Gasteiger partial charge in [-0.2, -0.15) is 0 Å². The van der Waals surface area contributed by atoms with Crippen molar-refractivity contribution >= 4 is 5.91 Å². The summed E-state index contributed by atoms with van der Waals surface area (Å²) >= 11 is 0. The van der Waals surface area contributed by atoms with Gasteiger partial charge >= 0.3 is 0 Å². The maximum Gasteiger partial charge on any atom is 0.224 e. The van der Waals surface area contributed by atoms with Gasteiger partial charge in [-0.1, -0.05) is 12.1 Å². The van der Waals surface area contributed by atoms with Crippen LogP contribution in [-0.2, 0) is 16.0 Å². The summed E-state index contributed by atoms with van der Waals surface area (Å²) in [6.45, 7) is 3.17. The first-order valence-electron chi connectivity index (χ1n) is 8.62. The fourth-order valence-corrected chi connectivity index (χ4v) is 3.69. The smallest absolute Gasteiger partial charge is 0.224 e. The zero-order chi connectivity index (χ0) is 16.9. The van der Waals surface area contributed by atoms with Crippen LogP contribution in [0, 0.1) is 11.7 Å². The third-order valence-corrected chi connectivity index (χ3v) is 5.01. The zero-order valence-corrected chi connectivity index (χ0v) is 13.8. The fourth-order valence-electron chi connectivity index (χ4n) is 3.69. The topological polar surface area (TPSA) is 61.8 Å². The third-order valence-electron chi connectivity index (χ3n) is 5.01. The molecule has 0 radical (unpaired) electrons. The first-order chi connectivity index (χ1) is 11.7. The number of aliphatic hydroxyl groups excluding tert-OH is 1. The maximum atomic E-state index is 13.2. The van der Waals surface area contributed by atoms with Crippen molar-refractivity contribution < 1.29 is 19.0 Å². The number of ether oxygens (including phenoxy) is 1. The molecule has 0 saturated carbocycles. The van der Waals surface area contributed by atoms with Crippen LogP contribution in [0.1, 0.15) is 18.4 Å². The summed E-state index contributed by atoms with van der Waals surface area (Å²) in [6.07, 6.45) is 2.16. The molecule has 2 saturated heterocycles. The van der Waals surface area contributed by atoms with Crippen molar-refractivity contribution in [1.82, 2.24) is 10.2 Å². The molecule has 0 bridgehead atoms. The SMILES string of the molecule is O=C(Cc1cccc(F)c1)N[C@@H]1CN(C2CCOCC2)C[C@H]1CO. The number of carbonyl (C=O) groups excluding carboxylic acids is 1. The van der Waals surface area contributed by atoms with E-state index in [1.165, 1.54) is 12.1 Å². The highest BCUT2D eigenvalue weighted by molar-refractivity contribution is 5.79. The van der Waals surface area contributed by atoms with Gasteiger partial charge in [-0.3, -0.25) is 9.69 Å². The molecule has 0 spiro atoms. The Morgan fingerprint density at radius 1 is 1.33 bits per heavy atom. The molecule has 2 N–H and O–H groups in total. The normalized spacial score (nSPS) is 25.8. The fraction of sp³-hybridized carbons (Fsp3) is 0.611. The first kappa shape index (κ1) is 17.3. The van der Waals surface area contributed by atoms with E-state index in [1.54, 1.807) is 12.1 Å². The van der Waals surface area contributed by atoms with Crippen molar-refractivity contribution in [3.05, 3.63) is 35.6 Å². The minimum absolute atomic E-state index is 0.0457. The minimum atomic E-state index is -0.333. The summed E-state index contributed by atoms with van der Waals surface area (Å²) in [5.41, 5.74) is 0.660. The Morgan fingerprint density at radius 3 is 2.83 bits per heavy atom. The third kappa shape index (κ3) is 4.32. The molecule has 2 fully saturated rings.